The van der Waals surface area contributed by atoms with Crippen LogP contribution in [0, 0.1) is 0 Å². The van der Waals surface area contributed by atoms with Gasteiger partial charge in [-0.2, -0.15) is 0 Å². The minimum Gasteiger partial charge on any atom is -1.00 e. The Morgan fingerprint density at radius 1 is 0.611 bits per heavy atom. The zero-order valence-corrected chi connectivity index (χ0v) is 11.4. The fourth-order valence-electron chi connectivity index (χ4n) is 1.96. The third-order valence-corrected chi connectivity index (χ3v) is 4.03. The Bertz CT molecular complexity index is 640. The molecule has 0 aliphatic carbocycles. The van der Waals surface area contributed by atoms with E-state index in [1.807, 2.05) is 0 Å². The third-order valence-electron chi connectivity index (χ3n) is 2.81. The maximum absolute atomic E-state index is 2.29. The second-order valence-corrected chi connectivity index (χ2v) is 5.46. The van der Waals surface area contributed by atoms with Gasteiger partial charge in [0.05, 0.1) is 0 Å². The van der Waals surface area contributed by atoms with E-state index in [2.05, 4.69) is 72.8 Å². The van der Waals surface area contributed by atoms with Gasteiger partial charge in [0.25, 0.3) is 0 Å². The first kappa shape index (κ1) is 13.4. The first-order valence-corrected chi connectivity index (χ1v) is 6.73. The quantitative estimate of drug-likeness (QED) is 0.457. The summed E-state index contributed by atoms with van der Waals surface area (Å²) in [6, 6.07) is 25.9. The molecule has 0 spiro atoms. The van der Waals surface area contributed by atoms with Crippen LogP contribution in [0.5, 0.6) is 0 Å². The van der Waals surface area contributed by atoms with Gasteiger partial charge in [-0.05, 0) is 27.4 Å². The molecule has 0 amide bonds. The molecule has 0 saturated heterocycles. The van der Waals surface area contributed by atoms with Gasteiger partial charge < -0.3 is 1.43 Å². The van der Waals surface area contributed by atoms with Crippen molar-refractivity contribution in [2.45, 2.75) is 0 Å². The molecule has 1 atom stereocenters. The van der Waals surface area contributed by atoms with E-state index in [4.69, 9.17) is 0 Å². The molecule has 0 nitrogen and oxygen atoms in total. The van der Waals surface area contributed by atoms with Crippen LogP contribution in [0.15, 0.2) is 72.8 Å². The van der Waals surface area contributed by atoms with Crippen LogP contribution in [0.3, 0.4) is 0 Å². The molecule has 3 rings (SSSR count). The van der Waals surface area contributed by atoms with Crippen molar-refractivity contribution in [1.82, 2.24) is 0 Å². The maximum Gasteiger partial charge on any atom is 1.00 e. The maximum atomic E-state index is 2.29. The summed E-state index contributed by atoms with van der Waals surface area (Å²) in [4.78, 5) is 0. The number of hydrogen-bond acceptors (Lipinski definition) is 0. The molecule has 18 heavy (non-hydrogen) atoms. The number of rotatable bonds is 2. The fraction of sp³-hybridized carbons (Fsp3) is 0. The largest absolute Gasteiger partial charge is 1.00 e. The van der Waals surface area contributed by atoms with Gasteiger partial charge in [0.15, 0.2) is 0 Å². The molecular formula is C16H14LiP. The SMILES string of the molecule is [H-].[Li+].c1ccc(Pc2ccc3ccccc3c2)cc1. The third kappa shape index (κ3) is 3.04. The van der Waals surface area contributed by atoms with Gasteiger partial charge in [-0.3, -0.25) is 0 Å². The van der Waals surface area contributed by atoms with Gasteiger partial charge in [-0.1, -0.05) is 75.3 Å². The van der Waals surface area contributed by atoms with E-state index in [-0.39, 0.29) is 20.3 Å². The summed E-state index contributed by atoms with van der Waals surface area (Å²) in [6.07, 6.45) is 0. The molecule has 0 N–H and O–H groups in total. The summed E-state index contributed by atoms with van der Waals surface area (Å²) in [5.41, 5.74) is 0. The molecule has 3 aromatic rings. The van der Waals surface area contributed by atoms with Crippen molar-refractivity contribution in [2.24, 2.45) is 0 Å². The first-order chi connectivity index (χ1) is 8.42. The smallest absolute Gasteiger partial charge is 1.00 e. The molecule has 3 aromatic carbocycles. The molecule has 0 saturated carbocycles. The molecule has 0 aliphatic rings. The van der Waals surface area contributed by atoms with Gasteiger partial charge >= 0.3 is 18.9 Å². The average Bonchev–Trinajstić information content (AvgIpc) is 2.40. The van der Waals surface area contributed by atoms with Crippen LogP contribution in [-0.4, -0.2) is 0 Å². The van der Waals surface area contributed by atoms with Crippen LogP contribution >= 0.6 is 8.58 Å². The Balaban J connectivity index is 0.000000902. The summed E-state index contributed by atoms with van der Waals surface area (Å²) < 4.78 is 0. The summed E-state index contributed by atoms with van der Waals surface area (Å²) in [7, 11) is 0.740. The van der Waals surface area contributed by atoms with E-state index < -0.39 is 0 Å². The molecule has 84 valence electrons. The van der Waals surface area contributed by atoms with Gasteiger partial charge in [-0.15, -0.1) is 0 Å². The summed E-state index contributed by atoms with van der Waals surface area (Å²) in [5, 5.41) is 5.43. The monoisotopic (exact) mass is 244 g/mol. The second kappa shape index (κ2) is 6.21. The Morgan fingerprint density at radius 2 is 1.28 bits per heavy atom. The zero-order chi connectivity index (χ0) is 11.5. The number of benzene rings is 3. The molecule has 1 unspecified atom stereocenters. The van der Waals surface area contributed by atoms with E-state index in [9.17, 15) is 0 Å². The van der Waals surface area contributed by atoms with E-state index in [1.165, 1.54) is 21.4 Å². The van der Waals surface area contributed by atoms with Crippen LogP contribution in [-0.2, 0) is 0 Å². The molecule has 0 heterocycles. The van der Waals surface area contributed by atoms with Crippen LogP contribution < -0.4 is 29.5 Å². The van der Waals surface area contributed by atoms with Crippen LogP contribution in [0.1, 0.15) is 1.43 Å². The Morgan fingerprint density at radius 3 is 2.06 bits per heavy atom. The van der Waals surface area contributed by atoms with Crippen molar-refractivity contribution in [3.8, 4) is 0 Å². The van der Waals surface area contributed by atoms with Crippen molar-refractivity contribution in [3.63, 3.8) is 0 Å². The van der Waals surface area contributed by atoms with Gasteiger partial charge in [-0.25, -0.2) is 0 Å². The summed E-state index contributed by atoms with van der Waals surface area (Å²) in [5.74, 6) is 0. The Kier molecular flexibility index (Phi) is 4.62. The molecule has 0 bridgehead atoms. The standard InChI is InChI=1S/C16H13P.Li.H/c1-2-8-15(9-3-1)17-16-11-10-13-6-4-5-7-14(13)12-16;;/h1-12,17H;;/q;+1;-1. The van der Waals surface area contributed by atoms with Gasteiger partial charge in [0, 0.05) is 0 Å². The van der Waals surface area contributed by atoms with E-state index in [0.29, 0.717) is 0 Å². The molecule has 0 aromatic heterocycles. The number of fused-ring (bicyclic) bond motifs is 1. The summed E-state index contributed by atoms with van der Waals surface area (Å²) in [6.45, 7) is 0. The van der Waals surface area contributed by atoms with E-state index in [1.54, 1.807) is 0 Å². The van der Waals surface area contributed by atoms with E-state index in [0.717, 1.165) is 8.58 Å². The minimum absolute atomic E-state index is 0. The first-order valence-electron chi connectivity index (χ1n) is 5.73. The normalized spacial score (nSPS) is 10.7. The van der Waals surface area contributed by atoms with E-state index >= 15 is 0 Å². The fourth-order valence-corrected chi connectivity index (χ4v) is 3.04. The molecular weight excluding hydrogens is 230 g/mol. The Hall–Kier alpha value is -1.05. The predicted molar refractivity (Wildman–Crippen MR) is 79.1 cm³/mol. The molecule has 2 heteroatoms. The minimum atomic E-state index is 0. The van der Waals surface area contributed by atoms with Crippen molar-refractivity contribution >= 4 is 30.0 Å². The average molecular weight is 244 g/mol. The van der Waals surface area contributed by atoms with Gasteiger partial charge in [0.2, 0.25) is 0 Å². The topological polar surface area (TPSA) is 0 Å². The predicted octanol–water partition coefficient (Wildman–Crippen LogP) is 0.586. The van der Waals surface area contributed by atoms with Crippen LogP contribution in [0.2, 0.25) is 0 Å². The molecule has 0 fully saturated rings. The Labute approximate surface area is 123 Å². The van der Waals surface area contributed by atoms with Crippen molar-refractivity contribution in [2.75, 3.05) is 0 Å². The van der Waals surface area contributed by atoms with Crippen LogP contribution in [0.25, 0.3) is 10.8 Å². The van der Waals surface area contributed by atoms with Crippen LogP contribution in [0.4, 0.5) is 0 Å². The zero-order valence-electron chi connectivity index (χ0n) is 11.4. The second-order valence-electron chi connectivity index (χ2n) is 4.05. The van der Waals surface area contributed by atoms with Crippen molar-refractivity contribution in [3.05, 3.63) is 72.8 Å². The molecule has 0 radical (unpaired) electrons. The van der Waals surface area contributed by atoms with Crippen molar-refractivity contribution < 1.29 is 20.3 Å². The van der Waals surface area contributed by atoms with Gasteiger partial charge in [0.1, 0.15) is 0 Å². The summed E-state index contributed by atoms with van der Waals surface area (Å²) >= 11 is 0. The molecule has 0 aliphatic heterocycles. The number of hydrogen-bond donors (Lipinski definition) is 0. The van der Waals surface area contributed by atoms with Crippen molar-refractivity contribution in [1.29, 1.82) is 0 Å².